The SMILES string of the molecule is C=C(COC=NCC1OC(n2cnc3c(N)cccc32)C2OC(C)(C)OC12)OO. The molecule has 0 amide bonds. The fourth-order valence-corrected chi connectivity index (χ4v) is 3.67. The molecule has 0 bridgehead atoms. The van der Waals surface area contributed by atoms with Gasteiger partial charge in [-0.15, -0.1) is 0 Å². The van der Waals surface area contributed by atoms with Gasteiger partial charge in [-0.2, -0.15) is 0 Å². The Bertz CT molecular complexity index is 927. The normalized spacial score (nSPS) is 28.1. The fraction of sp³-hybridized carbons (Fsp3) is 0.474. The number of nitrogens with zero attached hydrogens (tertiary/aromatic N) is 3. The molecule has 10 nitrogen and oxygen atoms in total. The van der Waals surface area contributed by atoms with Gasteiger partial charge in [0.05, 0.1) is 24.1 Å². The van der Waals surface area contributed by atoms with E-state index in [4.69, 9.17) is 29.9 Å². The standard InChI is InChI=1S/C19H24N4O6/c1-11(29-24)8-25-10-21-7-14-16-17(28-19(2,3)27-16)18(26-14)23-9-22-15-12(20)5-4-6-13(15)23/h4-6,9-10,14,16-18,24H,1,7-8,20H2,2-3H3. The molecule has 4 rings (SSSR count). The highest BCUT2D eigenvalue weighted by Crippen LogP contribution is 2.44. The fourth-order valence-electron chi connectivity index (χ4n) is 3.67. The first kappa shape index (κ1) is 19.6. The summed E-state index contributed by atoms with van der Waals surface area (Å²) in [5, 5.41) is 8.44. The molecule has 0 aliphatic carbocycles. The van der Waals surface area contributed by atoms with Crippen LogP contribution in [0.3, 0.4) is 0 Å². The van der Waals surface area contributed by atoms with Crippen LogP contribution in [0, 0.1) is 0 Å². The molecular weight excluding hydrogens is 380 g/mol. The lowest BCUT2D eigenvalue weighted by Gasteiger charge is -2.24. The maximum absolute atomic E-state index is 8.44. The van der Waals surface area contributed by atoms with Gasteiger partial charge in [0, 0.05) is 0 Å². The van der Waals surface area contributed by atoms with Crippen LogP contribution in [0.4, 0.5) is 5.69 Å². The summed E-state index contributed by atoms with van der Waals surface area (Å²) in [6, 6.07) is 5.62. The van der Waals surface area contributed by atoms with Crippen molar-refractivity contribution in [2.45, 2.75) is 44.2 Å². The van der Waals surface area contributed by atoms with Crippen molar-refractivity contribution in [3.05, 3.63) is 36.9 Å². The van der Waals surface area contributed by atoms with Crippen LogP contribution < -0.4 is 5.73 Å². The van der Waals surface area contributed by atoms with Crippen molar-refractivity contribution < 1.29 is 29.1 Å². The van der Waals surface area contributed by atoms with Crippen LogP contribution in [0.15, 0.2) is 41.9 Å². The van der Waals surface area contributed by atoms with E-state index in [0.29, 0.717) is 17.7 Å². The Hall–Kier alpha value is -2.66. The molecule has 2 saturated heterocycles. The molecule has 4 unspecified atom stereocenters. The first-order valence-electron chi connectivity index (χ1n) is 9.21. The highest BCUT2D eigenvalue weighted by atomic mass is 17.1. The van der Waals surface area contributed by atoms with Gasteiger partial charge in [-0.05, 0) is 26.0 Å². The van der Waals surface area contributed by atoms with E-state index in [1.807, 2.05) is 36.6 Å². The quantitative estimate of drug-likeness (QED) is 0.180. The summed E-state index contributed by atoms with van der Waals surface area (Å²) in [5.74, 6) is -0.657. The molecule has 156 valence electrons. The van der Waals surface area contributed by atoms with Gasteiger partial charge in [-0.1, -0.05) is 12.6 Å². The van der Waals surface area contributed by atoms with Gasteiger partial charge in [0.2, 0.25) is 0 Å². The number of anilines is 1. The highest BCUT2D eigenvalue weighted by molar-refractivity contribution is 5.87. The van der Waals surface area contributed by atoms with Crippen molar-refractivity contribution in [2.24, 2.45) is 4.99 Å². The topological polar surface area (TPSA) is 123 Å². The number of rotatable bonds is 7. The monoisotopic (exact) mass is 404 g/mol. The van der Waals surface area contributed by atoms with Crippen molar-refractivity contribution in [1.29, 1.82) is 0 Å². The molecule has 1 aromatic carbocycles. The zero-order chi connectivity index (χ0) is 20.6. The van der Waals surface area contributed by atoms with E-state index in [1.165, 1.54) is 6.40 Å². The van der Waals surface area contributed by atoms with Gasteiger partial charge in [0.15, 0.2) is 24.2 Å². The second kappa shape index (κ2) is 7.64. The van der Waals surface area contributed by atoms with E-state index < -0.39 is 12.0 Å². The van der Waals surface area contributed by atoms with Gasteiger partial charge in [-0.3, -0.25) is 4.99 Å². The minimum atomic E-state index is -0.735. The third-order valence-electron chi connectivity index (χ3n) is 4.84. The van der Waals surface area contributed by atoms with Crippen molar-refractivity contribution in [3.8, 4) is 0 Å². The van der Waals surface area contributed by atoms with E-state index in [1.54, 1.807) is 6.33 Å². The second-order valence-electron chi connectivity index (χ2n) is 7.41. The lowest BCUT2D eigenvalue weighted by Crippen LogP contribution is -2.31. The number of nitrogens with two attached hydrogens (primary N) is 1. The number of hydrogen-bond donors (Lipinski definition) is 2. The number of nitrogen functional groups attached to an aromatic ring is 1. The molecule has 3 heterocycles. The van der Waals surface area contributed by atoms with Crippen LogP contribution in [-0.2, 0) is 23.8 Å². The largest absolute Gasteiger partial charge is 0.475 e. The number of aliphatic imine (C=N–C) groups is 1. The summed E-state index contributed by atoms with van der Waals surface area (Å²) in [5.41, 5.74) is 8.21. The van der Waals surface area contributed by atoms with Crippen molar-refractivity contribution in [1.82, 2.24) is 9.55 Å². The maximum Gasteiger partial charge on any atom is 0.172 e. The van der Waals surface area contributed by atoms with Gasteiger partial charge in [0.1, 0.15) is 30.4 Å². The molecule has 2 aliphatic rings. The highest BCUT2D eigenvalue weighted by Gasteiger charge is 2.55. The van der Waals surface area contributed by atoms with E-state index in [0.717, 1.165) is 5.52 Å². The number of para-hydroxylation sites is 1. The summed E-state index contributed by atoms with van der Waals surface area (Å²) in [6.45, 7) is 7.48. The van der Waals surface area contributed by atoms with E-state index in [-0.39, 0.29) is 30.7 Å². The third kappa shape index (κ3) is 3.79. The van der Waals surface area contributed by atoms with Crippen LogP contribution >= 0.6 is 0 Å². The zero-order valence-electron chi connectivity index (χ0n) is 16.2. The average Bonchev–Trinajstić information content (AvgIpc) is 3.33. The van der Waals surface area contributed by atoms with Gasteiger partial charge < -0.3 is 34.1 Å². The van der Waals surface area contributed by atoms with Crippen LogP contribution in [0.5, 0.6) is 0 Å². The number of benzene rings is 1. The van der Waals surface area contributed by atoms with Gasteiger partial charge >= 0.3 is 0 Å². The summed E-state index contributed by atoms with van der Waals surface area (Å²) in [7, 11) is 0. The van der Waals surface area contributed by atoms with Gasteiger partial charge in [0.25, 0.3) is 0 Å². The number of aromatic nitrogens is 2. The first-order chi connectivity index (χ1) is 13.9. The van der Waals surface area contributed by atoms with Crippen LogP contribution in [0.25, 0.3) is 11.0 Å². The van der Waals surface area contributed by atoms with E-state index >= 15 is 0 Å². The smallest absolute Gasteiger partial charge is 0.172 e. The molecule has 0 saturated carbocycles. The molecule has 29 heavy (non-hydrogen) atoms. The molecule has 2 aliphatic heterocycles. The summed E-state index contributed by atoms with van der Waals surface area (Å²) < 4.78 is 25.5. The minimum absolute atomic E-state index is 0.00467. The first-order valence-corrected chi connectivity index (χ1v) is 9.21. The predicted molar refractivity (Wildman–Crippen MR) is 104 cm³/mol. The van der Waals surface area contributed by atoms with Crippen molar-refractivity contribution >= 4 is 23.1 Å². The van der Waals surface area contributed by atoms with Crippen LogP contribution in [0.2, 0.25) is 0 Å². The molecule has 4 atom stereocenters. The summed E-state index contributed by atoms with van der Waals surface area (Å²) >= 11 is 0. The molecule has 1 aromatic heterocycles. The third-order valence-corrected chi connectivity index (χ3v) is 4.84. The lowest BCUT2D eigenvalue weighted by molar-refractivity contribution is -0.207. The number of fused-ring (bicyclic) bond motifs is 2. The molecular formula is C19H24N4O6. The zero-order valence-corrected chi connectivity index (χ0v) is 16.2. The summed E-state index contributed by atoms with van der Waals surface area (Å²) in [4.78, 5) is 12.6. The predicted octanol–water partition coefficient (Wildman–Crippen LogP) is 2.08. The number of ether oxygens (including phenoxy) is 4. The molecule has 0 radical (unpaired) electrons. The molecule has 3 N–H and O–H groups in total. The molecule has 2 fully saturated rings. The Labute approximate surface area is 167 Å². The maximum atomic E-state index is 8.44. The average molecular weight is 404 g/mol. The Morgan fingerprint density at radius 1 is 1.41 bits per heavy atom. The minimum Gasteiger partial charge on any atom is -0.475 e. The number of imidazole rings is 1. The Kier molecular flexibility index (Phi) is 5.17. The Morgan fingerprint density at radius 2 is 2.21 bits per heavy atom. The van der Waals surface area contributed by atoms with E-state index in [9.17, 15) is 0 Å². The van der Waals surface area contributed by atoms with Crippen LogP contribution in [0.1, 0.15) is 20.1 Å². The molecule has 2 aromatic rings. The second-order valence-corrected chi connectivity index (χ2v) is 7.41. The van der Waals surface area contributed by atoms with Crippen LogP contribution in [-0.4, -0.2) is 58.5 Å². The lowest BCUT2D eigenvalue weighted by atomic mass is 10.1. The van der Waals surface area contributed by atoms with Gasteiger partial charge in [-0.25, -0.2) is 10.2 Å². The molecule has 0 spiro atoms. The Morgan fingerprint density at radius 3 is 3.00 bits per heavy atom. The van der Waals surface area contributed by atoms with Crippen molar-refractivity contribution in [2.75, 3.05) is 18.9 Å². The number of hydrogen-bond acceptors (Lipinski definition) is 9. The van der Waals surface area contributed by atoms with Crippen molar-refractivity contribution in [3.63, 3.8) is 0 Å². The van der Waals surface area contributed by atoms with E-state index in [2.05, 4.69) is 21.4 Å². The summed E-state index contributed by atoms with van der Waals surface area (Å²) in [6.07, 6.45) is 1.56. The Balaban J connectivity index is 1.52. The molecule has 10 heteroatoms.